The number of rotatable bonds is 4. The topological polar surface area (TPSA) is 32.3 Å². The van der Waals surface area contributed by atoms with Gasteiger partial charge in [0.25, 0.3) is 0 Å². The van der Waals surface area contributed by atoms with E-state index in [-0.39, 0.29) is 6.10 Å². The number of hydrogen-bond donors (Lipinski definition) is 2. The Balaban J connectivity index is 2.05. The minimum atomic E-state index is -0.154. The van der Waals surface area contributed by atoms with Gasteiger partial charge in [-0.3, -0.25) is 0 Å². The third kappa shape index (κ3) is 5.27. The van der Waals surface area contributed by atoms with Crippen LogP contribution in [-0.2, 0) is 0 Å². The predicted octanol–water partition coefficient (Wildman–Crippen LogP) is 2.07. The number of hydrogen-bond acceptors (Lipinski definition) is 2. The van der Waals surface area contributed by atoms with Crippen molar-refractivity contribution in [3.8, 4) is 0 Å². The van der Waals surface area contributed by atoms with Gasteiger partial charge < -0.3 is 10.4 Å². The van der Waals surface area contributed by atoms with Crippen molar-refractivity contribution in [2.75, 3.05) is 6.54 Å². The van der Waals surface area contributed by atoms with Gasteiger partial charge in [-0.2, -0.15) is 0 Å². The monoisotopic (exact) mass is 185 g/mol. The standard InChI is InChI=1S/C11H23NO/c1-10(13)8-9-12-11-6-4-2-3-5-7-11/h10-13H,2-9H2,1H3/t10-/m1/s1. The van der Waals surface area contributed by atoms with Crippen LogP contribution in [0.1, 0.15) is 51.9 Å². The summed E-state index contributed by atoms with van der Waals surface area (Å²) in [5.41, 5.74) is 0. The Morgan fingerprint density at radius 3 is 2.38 bits per heavy atom. The molecule has 0 amide bonds. The summed E-state index contributed by atoms with van der Waals surface area (Å²) in [6.45, 7) is 2.83. The van der Waals surface area contributed by atoms with E-state index in [0.29, 0.717) is 0 Å². The molecule has 0 bridgehead atoms. The van der Waals surface area contributed by atoms with Gasteiger partial charge >= 0.3 is 0 Å². The Kier molecular flexibility index (Phi) is 5.40. The first kappa shape index (κ1) is 11.0. The molecule has 0 aromatic rings. The molecule has 0 radical (unpaired) electrons. The van der Waals surface area contributed by atoms with Gasteiger partial charge in [-0.05, 0) is 32.7 Å². The average Bonchev–Trinajstić information content (AvgIpc) is 2.32. The maximum Gasteiger partial charge on any atom is 0.0524 e. The van der Waals surface area contributed by atoms with Crippen LogP contribution >= 0.6 is 0 Å². The van der Waals surface area contributed by atoms with Crippen LogP contribution in [0.15, 0.2) is 0 Å². The summed E-state index contributed by atoms with van der Waals surface area (Å²) in [5.74, 6) is 0. The van der Waals surface area contributed by atoms with Crippen LogP contribution < -0.4 is 5.32 Å². The molecular formula is C11H23NO. The molecule has 1 aliphatic carbocycles. The molecule has 0 heterocycles. The van der Waals surface area contributed by atoms with E-state index in [4.69, 9.17) is 5.11 Å². The van der Waals surface area contributed by atoms with Crippen molar-refractivity contribution in [1.82, 2.24) is 5.32 Å². The Bertz CT molecular complexity index is 117. The highest BCUT2D eigenvalue weighted by Gasteiger charge is 2.10. The van der Waals surface area contributed by atoms with Crippen molar-refractivity contribution in [1.29, 1.82) is 0 Å². The zero-order valence-electron chi connectivity index (χ0n) is 8.76. The first-order valence-corrected chi connectivity index (χ1v) is 5.70. The Hall–Kier alpha value is -0.0800. The van der Waals surface area contributed by atoms with Crippen LogP contribution in [0.2, 0.25) is 0 Å². The van der Waals surface area contributed by atoms with Gasteiger partial charge in [0.15, 0.2) is 0 Å². The van der Waals surface area contributed by atoms with E-state index in [1.165, 1.54) is 38.5 Å². The zero-order chi connectivity index (χ0) is 9.52. The maximum atomic E-state index is 9.10. The fraction of sp³-hybridized carbons (Fsp3) is 1.00. The lowest BCUT2D eigenvalue weighted by molar-refractivity contribution is 0.181. The summed E-state index contributed by atoms with van der Waals surface area (Å²) in [6.07, 6.45) is 8.98. The first-order valence-electron chi connectivity index (χ1n) is 5.70. The van der Waals surface area contributed by atoms with E-state index in [1.807, 2.05) is 6.92 Å². The molecule has 1 saturated carbocycles. The van der Waals surface area contributed by atoms with Gasteiger partial charge in [-0.1, -0.05) is 25.7 Å². The van der Waals surface area contributed by atoms with Crippen LogP contribution in [0.4, 0.5) is 0 Å². The van der Waals surface area contributed by atoms with Gasteiger partial charge in [-0.25, -0.2) is 0 Å². The highest BCUT2D eigenvalue weighted by atomic mass is 16.3. The van der Waals surface area contributed by atoms with Gasteiger partial charge in [0, 0.05) is 6.04 Å². The largest absolute Gasteiger partial charge is 0.393 e. The minimum absolute atomic E-state index is 0.154. The fourth-order valence-corrected chi connectivity index (χ4v) is 1.98. The molecule has 0 unspecified atom stereocenters. The molecule has 1 atom stereocenters. The fourth-order valence-electron chi connectivity index (χ4n) is 1.98. The first-order chi connectivity index (χ1) is 6.29. The smallest absolute Gasteiger partial charge is 0.0524 e. The highest BCUT2D eigenvalue weighted by molar-refractivity contribution is 4.70. The highest BCUT2D eigenvalue weighted by Crippen LogP contribution is 2.16. The second kappa shape index (κ2) is 6.39. The molecule has 2 heteroatoms. The molecular weight excluding hydrogens is 162 g/mol. The van der Waals surface area contributed by atoms with Crippen molar-refractivity contribution < 1.29 is 5.11 Å². The van der Waals surface area contributed by atoms with Gasteiger partial charge in [0.2, 0.25) is 0 Å². The van der Waals surface area contributed by atoms with Gasteiger partial charge in [0.1, 0.15) is 0 Å². The van der Waals surface area contributed by atoms with Crippen LogP contribution in [0.25, 0.3) is 0 Å². The van der Waals surface area contributed by atoms with Gasteiger partial charge in [-0.15, -0.1) is 0 Å². The molecule has 78 valence electrons. The van der Waals surface area contributed by atoms with Crippen molar-refractivity contribution in [3.63, 3.8) is 0 Å². The lowest BCUT2D eigenvalue weighted by atomic mass is 10.1. The van der Waals surface area contributed by atoms with Crippen LogP contribution in [0, 0.1) is 0 Å². The van der Waals surface area contributed by atoms with Crippen molar-refractivity contribution >= 4 is 0 Å². The lowest BCUT2D eigenvalue weighted by Crippen LogP contribution is -2.30. The third-order valence-corrected chi connectivity index (χ3v) is 2.85. The maximum absolute atomic E-state index is 9.10. The zero-order valence-corrected chi connectivity index (χ0v) is 8.76. The summed E-state index contributed by atoms with van der Waals surface area (Å²) >= 11 is 0. The summed E-state index contributed by atoms with van der Waals surface area (Å²) in [5, 5.41) is 12.6. The molecule has 0 aliphatic heterocycles. The molecule has 0 aromatic heterocycles. The normalized spacial score (nSPS) is 22.6. The number of aliphatic hydroxyl groups excluding tert-OH is 1. The number of nitrogens with one attached hydrogen (secondary N) is 1. The van der Waals surface area contributed by atoms with Crippen molar-refractivity contribution in [2.24, 2.45) is 0 Å². The van der Waals surface area contributed by atoms with E-state index in [1.54, 1.807) is 0 Å². The molecule has 0 spiro atoms. The third-order valence-electron chi connectivity index (χ3n) is 2.85. The van der Waals surface area contributed by atoms with E-state index < -0.39 is 0 Å². The van der Waals surface area contributed by atoms with Crippen LogP contribution in [-0.4, -0.2) is 23.8 Å². The van der Waals surface area contributed by atoms with E-state index in [2.05, 4.69) is 5.32 Å². The van der Waals surface area contributed by atoms with E-state index >= 15 is 0 Å². The van der Waals surface area contributed by atoms with E-state index in [9.17, 15) is 0 Å². The second-order valence-corrected chi connectivity index (χ2v) is 4.28. The Morgan fingerprint density at radius 2 is 1.85 bits per heavy atom. The SMILES string of the molecule is C[C@@H](O)CCNC1CCCCCC1. The van der Waals surface area contributed by atoms with Gasteiger partial charge in [0.05, 0.1) is 6.10 Å². The van der Waals surface area contributed by atoms with Crippen LogP contribution in [0.3, 0.4) is 0 Å². The molecule has 2 nitrogen and oxygen atoms in total. The summed E-state index contributed by atoms with van der Waals surface area (Å²) in [6, 6.07) is 0.723. The lowest BCUT2D eigenvalue weighted by Gasteiger charge is -2.16. The van der Waals surface area contributed by atoms with Crippen LogP contribution in [0.5, 0.6) is 0 Å². The quantitative estimate of drug-likeness (QED) is 0.657. The molecule has 0 aromatic carbocycles. The molecule has 1 aliphatic rings. The molecule has 1 rings (SSSR count). The number of aliphatic hydroxyl groups is 1. The Labute approximate surface area is 81.7 Å². The van der Waals surface area contributed by atoms with Crippen molar-refractivity contribution in [3.05, 3.63) is 0 Å². The summed E-state index contributed by atoms with van der Waals surface area (Å²) in [4.78, 5) is 0. The molecule has 2 N–H and O–H groups in total. The molecule has 1 fully saturated rings. The average molecular weight is 185 g/mol. The summed E-state index contributed by atoms with van der Waals surface area (Å²) < 4.78 is 0. The predicted molar refractivity (Wildman–Crippen MR) is 55.8 cm³/mol. The molecule has 13 heavy (non-hydrogen) atoms. The van der Waals surface area contributed by atoms with E-state index in [0.717, 1.165) is 19.0 Å². The van der Waals surface area contributed by atoms with Crippen molar-refractivity contribution in [2.45, 2.75) is 64.0 Å². The minimum Gasteiger partial charge on any atom is -0.393 e. The Morgan fingerprint density at radius 1 is 1.23 bits per heavy atom. The molecule has 0 saturated heterocycles. The summed E-state index contributed by atoms with van der Waals surface area (Å²) in [7, 11) is 0. The second-order valence-electron chi connectivity index (χ2n) is 4.28.